The van der Waals surface area contributed by atoms with Crippen molar-refractivity contribution in [2.45, 2.75) is 25.5 Å². The molecule has 2 atom stereocenters. The van der Waals surface area contributed by atoms with Gasteiger partial charge in [0.2, 0.25) is 5.91 Å². The zero-order valence-corrected chi connectivity index (χ0v) is 12.4. The monoisotopic (exact) mass is 290 g/mol. The first-order chi connectivity index (χ1) is 10.2. The fourth-order valence-corrected chi connectivity index (χ4v) is 3.25. The Bertz CT molecular complexity index is 520. The van der Waals surface area contributed by atoms with Crippen LogP contribution in [-0.2, 0) is 16.0 Å². The van der Waals surface area contributed by atoms with E-state index in [1.54, 1.807) is 0 Å². The molecule has 21 heavy (non-hydrogen) atoms. The first kappa shape index (κ1) is 14.5. The maximum Gasteiger partial charge on any atom is 0.241 e. The lowest BCUT2D eigenvalue weighted by molar-refractivity contribution is -0.122. The van der Waals surface area contributed by atoms with Crippen molar-refractivity contribution in [1.29, 1.82) is 0 Å². The van der Waals surface area contributed by atoms with Gasteiger partial charge in [-0.1, -0.05) is 18.2 Å². The molecule has 0 aromatic heterocycles. The Balaban J connectivity index is 1.68. The second-order valence-corrected chi connectivity index (χ2v) is 5.86. The van der Waals surface area contributed by atoms with E-state index >= 15 is 0 Å². The summed E-state index contributed by atoms with van der Waals surface area (Å²) >= 11 is 0. The maximum atomic E-state index is 12.7. The summed E-state index contributed by atoms with van der Waals surface area (Å²) in [5.41, 5.74) is 2.29. The number of aliphatic hydroxyl groups excluding tert-OH is 1. The van der Waals surface area contributed by atoms with Gasteiger partial charge >= 0.3 is 0 Å². The molecule has 0 aliphatic carbocycles. The molecule has 1 aromatic rings. The van der Waals surface area contributed by atoms with Crippen LogP contribution in [0.25, 0.3) is 0 Å². The number of nitrogens with zero attached hydrogens (tertiary/aromatic N) is 2. The minimum Gasteiger partial charge on any atom is -0.394 e. The Morgan fingerprint density at radius 1 is 1.43 bits per heavy atom. The van der Waals surface area contributed by atoms with Crippen LogP contribution >= 0.6 is 0 Å². The number of morpholine rings is 1. The Morgan fingerprint density at radius 2 is 2.24 bits per heavy atom. The average molecular weight is 290 g/mol. The lowest BCUT2D eigenvalue weighted by Crippen LogP contribution is -2.49. The van der Waals surface area contributed by atoms with Crippen molar-refractivity contribution >= 4 is 11.6 Å². The Labute approximate surface area is 125 Å². The normalized spacial score (nSPS) is 25.9. The number of aliphatic hydroxyl groups is 1. The van der Waals surface area contributed by atoms with Gasteiger partial charge < -0.3 is 14.7 Å². The molecule has 5 heteroatoms. The van der Waals surface area contributed by atoms with Crippen molar-refractivity contribution in [1.82, 2.24) is 4.90 Å². The Hall–Kier alpha value is -1.43. The molecular formula is C16H22N2O3. The summed E-state index contributed by atoms with van der Waals surface area (Å²) in [5.74, 6) is 0.131. The largest absolute Gasteiger partial charge is 0.394 e. The molecule has 1 amide bonds. The topological polar surface area (TPSA) is 53.0 Å². The first-order valence-electron chi connectivity index (χ1n) is 7.54. The molecule has 1 fully saturated rings. The van der Waals surface area contributed by atoms with Crippen molar-refractivity contribution in [2.24, 2.45) is 0 Å². The van der Waals surface area contributed by atoms with Crippen LogP contribution < -0.4 is 4.90 Å². The summed E-state index contributed by atoms with van der Waals surface area (Å²) in [6.45, 7) is 4.42. The minimum absolute atomic E-state index is 0.00758. The molecular weight excluding hydrogens is 268 g/mol. The predicted octanol–water partition coefficient (Wildman–Crippen LogP) is 0.657. The van der Waals surface area contributed by atoms with Crippen LogP contribution in [0, 0.1) is 0 Å². The van der Waals surface area contributed by atoms with E-state index in [-0.39, 0.29) is 24.7 Å². The third-order valence-corrected chi connectivity index (χ3v) is 4.26. The van der Waals surface area contributed by atoms with E-state index in [1.165, 1.54) is 5.56 Å². The molecule has 0 spiro atoms. The Kier molecular flexibility index (Phi) is 4.24. The number of hydrogen-bond acceptors (Lipinski definition) is 4. The summed E-state index contributed by atoms with van der Waals surface area (Å²) in [5, 5.41) is 9.18. The molecule has 3 rings (SSSR count). The first-order valence-corrected chi connectivity index (χ1v) is 7.54. The lowest BCUT2D eigenvalue weighted by Gasteiger charge is -2.33. The van der Waals surface area contributed by atoms with Crippen LogP contribution in [0.2, 0.25) is 0 Å². The number of hydrogen-bond donors (Lipinski definition) is 1. The van der Waals surface area contributed by atoms with Gasteiger partial charge in [0.15, 0.2) is 0 Å². The van der Waals surface area contributed by atoms with E-state index in [1.807, 2.05) is 23.1 Å². The molecule has 5 nitrogen and oxygen atoms in total. The highest BCUT2D eigenvalue weighted by atomic mass is 16.5. The van der Waals surface area contributed by atoms with E-state index in [9.17, 15) is 9.90 Å². The van der Waals surface area contributed by atoms with Crippen molar-refractivity contribution in [3.05, 3.63) is 29.8 Å². The van der Waals surface area contributed by atoms with Gasteiger partial charge in [-0.3, -0.25) is 9.69 Å². The van der Waals surface area contributed by atoms with Gasteiger partial charge in [0.05, 0.1) is 25.9 Å². The number of benzene rings is 1. The van der Waals surface area contributed by atoms with Crippen molar-refractivity contribution in [3.8, 4) is 0 Å². The zero-order chi connectivity index (χ0) is 14.8. The lowest BCUT2D eigenvalue weighted by atomic mass is 10.1. The van der Waals surface area contributed by atoms with Gasteiger partial charge in [0.1, 0.15) is 0 Å². The molecule has 1 N–H and O–H groups in total. The van der Waals surface area contributed by atoms with Crippen molar-refractivity contribution in [2.75, 3.05) is 37.7 Å². The van der Waals surface area contributed by atoms with Gasteiger partial charge in [0, 0.05) is 24.8 Å². The standard InChI is InChI=1S/C16H22N2O3/c1-12-8-13-4-2-3-5-15(13)18(12)16(20)10-17-6-7-21-14(9-17)11-19/h2-5,12,14,19H,6-11H2,1H3/t12?,14-/m0/s1. The molecule has 114 valence electrons. The number of carbonyl (C=O) groups excluding carboxylic acids is 1. The van der Waals surface area contributed by atoms with Crippen molar-refractivity contribution in [3.63, 3.8) is 0 Å². The van der Waals surface area contributed by atoms with Gasteiger partial charge in [-0.25, -0.2) is 0 Å². The number of carbonyl (C=O) groups is 1. The Morgan fingerprint density at radius 3 is 3.05 bits per heavy atom. The molecule has 2 aliphatic rings. The number of ether oxygens (including phenoxy) is 1. The summed E-state index contributed by atoms with van der Waals surface area (Å²) in [6.07, 6.45) is 0.749. The average Bonchev–Trinajstić information content (AvgIpc) is 2.83. The summed E-state index contributed by atoms with van der Waals surface area (Å²) in [6, 6.07) is 8.33. The number of rotatable bonds is 3. The molecule has 1 unspecified atom stereocenters. The molecule has 1 saturated heterocycles. The number of fused-ring (bicyclic) bond motifs is 1. The van der Waals surface area contributed by atoms with E-state index in [4.69, 9.17) is 4.74 Å². The highest BCUT2D eigenvalue weighted by Crippen LogP contribution is 2.31. The highest BCUT2D eigenvalue weighted by molar-refractivity contribution is 5.97. The minimum atomic E-state index is -0.171. The summed E-state index contributed by atoms with van der Waals surface area (Å²) < 4.78 is 5.43. The van der Waals surface area contributed by atoms with Gasteiger partial charge in [-0.15, -0.1) is 0 Å². The molecule has 2 aliphatic heterocycles. The molecule has 0 radical (unpaired) electrons. The second kappa shape index (κ2) is 6.13. The predicted molar refractivity (Wildman–Crippen MR) is 80.4 cm³/mol. The molecule has 0 bridgehead atoms. The maximum absolute atomic E-state index is 12.7. The highest BCUT2D eigenvalue weighted by Gasteiger charge is 2.32. The number of amides is 1. The van der Waals surface area contributed by atoms with Crippen LogP contribution in [0.1, 0.15) is 12.5 Å². The smallest absolute Gasteiger partial charge is 0.241 e. The van der Waals surface area contributed by atoms with Gasteiger partial charge in [0.25, 0.3) is 0 Å². The third-order valence-electron chi connectivity index (χ3n) is 4.26. The van der Waals surface area contributed by atoms with E-state index in [0.29, 0.717) is 19.7 Å². The second-order valence-electron chi connectivity index (χ2n) is 5.86. The SMILES string of the molecule is CC1Cc2ccccc2N1C(=O)CN1CCO[C@H](CO)C1. The molecule has 1 aromatic carbocycles. The fraction of sp³-hybridized carbons (Fsp3) is 0.562. The number of para-hydroxylation sites is 1. The van der Waals surface area contributed by atoms with Gasteiger partial charge in [-0.2, -0.15) is 0 Å². The number of anilines is 1. The fourth-order valence-electron chi connectivity index (χ4n) is 3.25. The van der Waals surface area contributed by atoms with Crippen LogP contribution in [0.5, 0.6) is 0 Å². The third kappa shape index (κ3) is 2.95. The molecule has 2 heterocycles. The van der Waals surface area contributed by atoms with E-state index in [2.05, 4.69) is 17.9 Å². The van der Waals surface area contributed by atoms with E-state index < -0.39 is 0 Å². The van der Waals surface area contributed by atoms with Crippen LogP contribution in [-0.4, -0.2) is 60.9 Å². The van der Waals surface area contributed by atoms with Crippen molar-refractivity contribution < 1.29 is 14.6 Å². The summed E-state index contributed by atoms with van der Waals surface area (Å²) in [4.78, 5) is 16.6. The van der Waals surface area contributed by atoms with Crippen LogP contribution in [0.15, 0.2) is 24.3 Å². The van der Waals surface area contributed by atoms with Crippen LogP contribution in [0.4, 0.5) is 5.69 Å². The van der Waals surface area contributed by atoms with E-state index in [0.717, 1.165) is 18.7 Å². The quantitative estimate of drug-likeness (QED) is 0.888. The molecule has 0 saturated carbocycles. The summed E-state index contributed by atoms with van der Waals surface area (Å²) in [7, 11) is 0. The van der Waals surface area contributed by atoms with Crippen LogP contribution in [0.3, 0.4) is 0 Å². The zero-order valence-electron chi connectivity index (χ0n) is 12.4. The van der Waals surface area contributed by atoms with Gasteiger partial charge in [-0.05, 0) is 25.0 Å².